The first-order valence-electron chi connectivity index (χ1n) is 5.85. The number of aryl methyl sites for hydroxylation is 1. The van der Waals surface area contributed by atoms with Crippen molar-refractivity contribution in [1.82, 2.24) is 14.8 Å². The lowest BCUT2D eigenvalue weighted by molar-refractivity contribution is -0.142. The van der Waals surface area contributed by atoms with Gasteiger partial charge in [-0.05, 0) is 26.0 Å². The third-order valence-corrected chi connectivity index (χ3v) is 2.73. The van der Waals surface area contributed by atoms with Gasteiger partial charge in [0.2, 0.25) is 0 Å². The van der Waals surface area contributed by atoms with E-state index >= 15 is 0 Å². The number of hydrogen-bond donors (Lipinski definition) is 0. The number of nitrogens with zero attached hydrogens (tertiary/aromatic N) is 3. The molecule has 0 radical (unpaired) electrons. The number of rotatable bonds is 3. The van der Waals surface area contributed by atoms with Crippen molar-refractivity contribution in [3.8, 4) is 11.3 Å². The Balaban J connectivity index is 2.47. The van der Waals surface area contributed by atoms with Crippen molar-refractivity contribution in [2.45, 2.75) is 26.6 Å². The third kappa shape index (κ3) is 3.04. The van der Waals surface area contributed by atoms with Crippen LogP contribution >= 0.6 is 0 Å². The van der Waals surface area contributed by atoms with Crippen LogP contribution in [-0.4, -0.2) is 26.7 Å². The highest BCUT2D eigenvalue weighted by atomic mass is 19.4. The van der Waals surface area contributed by atoms with Gasteiger partial charge in [-0.3, -0.25) is 14.5 Å². The van der Waals surface area contributed by atoms with Crippen LogP contribution < -0.4 is 0 Å². The zero-order chi connectivity index (χ0) is 14.9. The maximum absolute atomic E-state index is 12.4. The van der Waals surface area contributed by atoms with Gasteiger partial charge in [-0.1, -0.05) is 0 Å². The summed E-state index contributed by atoms with van der Waals surface area (Å²) in [6.07, 6.45) is -1.59. The number of ketones is 1. The highest BCUT2D eigenvalue weighted by Gasteiger charge is 2.29. The van der Waals surface area contributed by atoms with Crippen molar-refractivity contribution in [3.05, 3.63) is 35.8 Å². The van der Waals surface area contributed by atoms with Crippen LogP contribution in [0.2, 0.25) is 0 Å². The molecule has 7 heteroatoms. The maximum atomic E-state index is 12.4. The number of pyridine rings is 1. The van der Waals surface area contributed by atoms with Gasteiger partial charge in [-0.15, -0.1) is 0 Å². The summed E-state index contributed by atoms with van der Waals surface area (Å²) in [5.41, 5.74) is 1.54. The van der Waals surface area contributed by atoms with Crippen molar-refractivity contribution >= 4 is 5.78 Å². The molecule has 0 aliphatic carbocycles. The number of halogens is 3. The van der Waals surface area contributed by atoms with E-state index < -0.39 is 12.7 Å². The molecule has 0 saturated carbocycles. The van der Waals surface area contributed by atoms with Crippen LogP contribution in [0, 0.1) is 6.92 Å². The van der Waals surface area contributed by atoms with E-state index in [0.717, 1.165) is 4.68 Å². The molecule has 0 bridgehead atoms. The highest BCUT2D eigenvalue weighted by molar-refractivity contribution is 5.99. The van der Waals surface area contributed by atoms with E-state index in [1.165, 1.54) is 19.3 Å². The topological polar surface area (TPSA) is 47.8 Å². The Hall–Kier alpha value is -2.18. The first-order valence-corrected chi connectivity index (χ1v) is 5.85. The Morgan fingerprint density at radius 2 is 2.10 bits per heavy atom. The Morgan fingerprint density at radius 3 is 2.70 bits per heavy atom. The molecule has 0 saturated heterocycles. The molecule has 0 N–H and O–H groups in total. The smallest absolute Gasteiger partial charge is 0.294 e. The number of carbonyl (C=O) groups is 1. The molecule has 106 valence electrons. The molecule has 0 aliphatic heterocycles. The minimum Gasteiger partial charge on any atom is -0.294 e. The lowest BCUT2D eigenvalue weighted by Crippen LogP contribution is -2.17. The largest absolute Gasteiger partial charge is 0.408 e. The van der Waals surface area contributed by atoms with Crippen LogP contribution in [0.15, 0.2) is 24.5 Å². The maximum Gasteiger partial charge on any atom is 0.408 e. The normalized spacial score (nSPS) is 11.7. The average molecular weight is 283 g/mol. The zero-order valence-electron chi connectivity index (χ0n) is 10.9. The van der Waals surface area contributed by atoms with Crippen LogP contribution in [0.25, 0.3) is 11.3 Å². The summed E-state index contributed by atoms with van der Waals surface area (Å²) in [7, 11) is 0. The Kier molecular flexibility index (Phi) is 3.61. The Bertz CT molecular complexity index is 647. The number of Topliss-reactive ketones (excluding diaryl/α,β-unsaturated/α-hetero) is 1. The first kappa shape index (κ1) is 14.2. The lowest BCUT2D eigenvalue weighted by atomic mass is 10.0. The summed E-state index contributed by atoms with van der Waals surface area (Å²) < 4.78 is 37.9. The number of alkyl halides is 3. The summed E-state index contributed by atoms with van der Waals surface area (Å²) in [5, 5.41) is 3.82. The van der Waals surface area contributed by atoms with E-state index in [4.69, 9.17) is 0 Å². The molecule has 0 unspecified atom stereocenters. The second-order valence-corrected chi connectivity index (χ2v) is 4.40. The summed E-state index contributed by atoms with van der Waals surface area (Å²) in [4.78, 5) is 15.6. The van der Waals surface area contributed by atoms with Gasteiger partial charge in [0.1, 0.15) is 6.54 Å². The monoisotopic (exact) mass is 283 g/mol. The molecule has 0 aliphatic rings. The van der Waals surface area contributed by atoms with E-state index in [0.29, 0.717) is 22.5 Å². The average Bonchev–Trinajstić information content (AvgIpc) is 2.67. The van der Waals surface area contributed by atoms with Gasteiger partial charge >= 0.3 is 6.18 Å². The molecular formula is C13H12F3N3O. The van der Waals surface area contributed by atoms with E-state index in [2.05, 4.69) is 10.1 Å². The number of carbonyl (C=O) groups excluding carboxylic acids is 1. The predicted molar refractivity (Wildman–Crippen MR) is 66.3 cm³/mol. The standard InChI is InChI=1S/C13H12F3N3O/c1-8-11(6-19(18-8)7-13(14,15)16)12-10(9(2)20)4-3-5-17-12/h3-6H,7H2,1-2H3. The second kappa shape index (κ2) is 5.07. The molecule has 0 fully saturated rings. The van der Waals surface area contributed by atoms with Crippen molar-refractivity contribution < 1.29 is 18.0 Å². The molecule has 0 amide bonds. The van der Waals surface area contributed by atoms with Gasteiger partial charge in [0.15, 0.2) is 5.78 Å². The SMILES string of the molecule is CC(=O)c1cccnc1-c1cn(CC(F)(F)F)nc1C. The van der Waals surface area contributed by atoms with Crippen molar-refractivity contribution in [2.75, 3.05) is 0 Å². The van der Waals surface area contributed by atoms with Crippen molar-refractivity contribution in [2.24, 2.45) is 0 Å². The van der Waals surface area contributed by atoms with Crippen LogP contribution in [0.5, 0.6) is 0 Å². The van der Waals surface area contributed by atoms with E-state index in [1.807, 2.05) is 0 Å². The van der Waals surface area contributed by atoms with Gasteiger partial charge in [0.05, 0.1) is 11.4 Å². The van der Waals surface area contributed by atoms with E-state index in [1.54, 1.807) is 19.1 Å². The Labute approximate surface area is 113 Å². The quantitative estimate of drug-likeness (QED) is 0.813. The van der Waals surface area contributed by atoms with Gasteiger partial charge in [0.25, 0.3) is 0 Å². The second-order valence-electron chi connectivity index (χ2n) is 4.40. The summed E-state index contributed by atoms with van der Waals surface area (Å²) in [5.74, 6) is -0.198. The third-order valence-electron chi connectivity index (χ3n) is 2.73. The van der Waals surface area contributed by atoms with Gasteiger partial charge in [-0.2, -0.15) is 18.3 Å². The highest BCUT2D eigenvalue weighted by Crippen LogP contribution is 2.26. The zero-order valence-corrected chi connectivity index (χ0v) is 10.9. The lowest BCUT2D eigenvalue weighted by Gasteiger charge is -2.05. The molecule has 4 nitrogen and oxygen atoms in total. The Morgan fingerprint density at radius 1 is 1.40 bits per heavy atom. The van der Waals surface area contributed by atoms with Crippen LogP contribution in [0.1, 0.15) is 23.0 Å². The number of hydrogen-bond acceptors (Lipinski definition) is 3. The molecule has 2 aromatic rings. The van der Waals surface area contributed by atoms with Gasteiger partial charge < -0.3 is 0 Å². The molecule has 20 heavy (non-hydrogen) atoms. The molecule has 2 heterocycles. The van der Waals surface area contributed by atoms with Crippen molar-refractivity contribution in [3.63, 3.8) is 0 Å². The molecular weight excluding hydrogens is 271 g/mol. The molecule has 2 rings (SSSR count). The van der Waals surface area contributed by atoms with Crippen LogP contribution in [0.3, 0.4) is 0 Å². The van der Waals surface area contributed by atoms with Crippen LogP contribution in [0.4, 0.5) is 13.2 Å². The van der Waals surface area contributed by atoms with Gasteiger partial charge in [0, 0.05) is 23.5 Å². The van der Waals surface area contributed by atoms with Crippen molar-refractivity contribution in [1.29, 1.82) is 0 Å². The fourth-order valence-corrected chi connectivity index (χ4v) is 1.92. The predicted octanol–water partition coefficient (Wildman–Crippen LogP) is 3.02. The van der Waals surface area contributed by atoms with Crippen LogP contribution in [-0.2, 0) is 6.54 Å². The molecule has 2 aromatic heterocycles. The summed E-state index contributed by atoms with van der Waals surface area (Å²) >= 11 is 0. The fraction of sp³-hybridized carbons (Fsp3) is 0.308. The fourth-order valence-electron chi connectivity index (χ4n) is 1.92. The summed E-state index contributed by atoms with van der Waals surface area (Å²) in [6, 6.07) is 3.20. The molecule has 0 spiro atoms. The minimum atomic E-state index is -4.34. The summed E-state index contributed by atoms with van der Waals surface area (Å²) in [6.45, 7) is 1.80. The number of aromatic nitrogens is 3. The minimum absolute atomic E-state index is 0.198. The van der Waals surface area contributed by atoms with Gasteiger partial charge in [-0.25, -0.2) is 0 Å². The first-order chi connectivity index (χ1) is 9.28. The van der Waals surface area contributed by atoms with E-state index in [-0.39, 0.29) is 5.78 Å². The molecule has 0 aromatic carbocycles. The molecule has 0 atom stereocenters. The van der Waals surface area contributed by atoms with E-state index in [9.17, 15) is 18.0 Å².